The van der Waals surface area contributed by atoms with Crippen LogP contribution in [-0.4, -0.2) is 54.9 Å². The Balaban J connectivity index is 1.41. The lowest BCUT2D eigenvalue weighted by atomic mass is 10.2. The highest BCUT2D eigenvalue weighted by atomic mass is 19.1. The van der Waals surface area contributed by atoms with Crippen LogP contribution in [0.15, 0.2) is 54.6 Å². The molecule has 1 aliphatic rings. The smallest absolute Gasteiger partial charge is 0.261 e. The third-order valence-electron chi connectivity index (χ3n) is 4.80. The van der Waals surface area contributed by atoms with E-state index < -0.39 is 11.9 Å². The molecule has 3 rings (SSSR count). The van der Waals surface area contributed by atoms with Gasteiger partial charge in [0.1, 0.15) is 17.6 Å². The zero-order chi connectivity index (χ0) is 21.3. The standard InChI is InChI=1S/C22H24FN3O4/c23-17-10-8-16(9-11-17)21(28)24-12-13-25-22(29)19-7-4-14-26(19)20(27)15-30-18-5-2-1-3-6-18/h1-3,5-6,8-11,19H,4,7,12-15H2,(H,24,28)(H,25,29)/t19-/m1/s1. The van der Waals surface area contributed by atoms with E-state index >= 15 is 0 Å². The van der Waals surface area contributed by atoms with Crippen LogP contribution in [0, 0.1) is 5.82 Å². The summed E-state index contributed by atoms with van der Waals surface area (Å²) in [5, 5.41) is 5.41. The molecule has 1 fully saturated rings. The second-order valence-electron chi connectivity index (χ2n) is 6.90. The molecule has 0 aromatic heterocycles. The van der Waals surface area contributed by atoms with E-state index in [9.17, 15) is 18.8 Å². The fourth-order valence-electron chi connectivity index (χ4n) is 3.27. The number of amides is 3. The van der Waals surface area contributed by atoms with Crippen LogP contribution >= 0.6 is 0 Å². The van der Waals surface area contributed by atoms with Gasteiger partial charge in [-0.15, -0.1) is 0 Å². The molecule has 158 valence electrons. The van der Waals surface area contributed by atoms with Crippen LogP contribution in [0.5, 0.6) is 5.75 Å². The Bertz CT molecular complexity index is 874. The first kappa shape index (κ1) is 21.3. The Hall–Kier alpha value is -3.42. The Morgan fingerprint density at radius 3 is 2.43 bits per heavy atom. The monoisotopic (exact) mass is 413 g/mol. The van der Waals surface area contributed by atoms with E-state index in [0.717, 1.165) is 6.42 Å². The van der Waals surface area contributed by atoms with Crippen LogP contribution in [0.4, 0.5) is 4.39 Å². The molecule has 30 heavy (non-hydrogen) atoms. The molecular weight excluding hydrogens is 389 g/mol. The molecule has 0 radical (unpaired) electrons. The van der Waals surface area contributed by atoms with Crippen LogP contribution in [0.3, 0.4) is 0 Å². The van der Waals surface area contributed by atoms with Crippen LogP contribution in [0.25, 0.3) is 0 Å². The minimum absolute atomic E-state index is 0.123. The molecule has 1 aliphatic heterocycles. The first-order valence-corrected chi connectivity index (χ1v) is 9.83. The fraction of sp³-hybridized carbons (Fsp3) is 0.318. The maximum Gasteiger partial charge on any atom is 0.261 e. The molecule has 8 heteroatoms. The molecule has 3 amide bonds. The van der Waals surface area contributed by atoms with Crippen molar-refractivity contribution in [2.75, 3.05) is 26.2 Å². The molecule has 0 saturated carbocycles. The lowest BCUT2D eigenvalue weighted by molar-refractivity contribution is -0.139. The van der Waals surface area contributed by atoms with Crippen molar-refractivity contribution in [2.45, 2.75) is 18.9 Å². The summed E-state index contributed by atoms with van der Waals surface area (Å²) in [6, 6.07) is 13.7. The summed E-state index contributed by atoms with van der Waals surface area (Å²) < 4.78 is 18.4. The Labute approximate surface area is 174 Å². The number of hydrogen-bond donors (Lipinski definition) is 2. The number of ether oxygens (including phenoxy) is 1. The third-order valence-corrected chi connectivity index (χ3v) is 4.80. The molecule has 1 saturated heterocycles. The first-order chi connectivity index (χ1) is 14.5. The molecule has 1 atom stereocenters. The van der Waals surface area contributed by atoms with E-state index in [2.05, 4.69) is 10.6 Å². The SMILES string of the molecule is O=C(NCCNC(=O)[C@H]1CCCN1C(=O)COc1ccccc1)c1ccc(F)cc1. The second kappa shape index (κ2) is 10.4. The van der Waals surface area contributed by atoms with Gasteiger partial charge in [0, 0.05) is 25.2 Å². The highest BCUT2D eigenvalue weighted by molar-refractivity contribution is 5.94. The van der Waals surface area contributed by atoms with Crippen molar-refractivity contribution >= 4 is 17.7 Å². The number of carbonyl (C=O) groups is 3. The van der Waals surface area contributed by atoms with E-state index in [1.165, 1.54) is 29.2 Å². The number of nitrogens with one attached hydrogen (secondary N) is 2. The highest BCUT2D eigenvalue weighted by Gasteiger charge is 2.33. The molecule has 1 heterocycles. The van der Waals surface area contributed by atoms with E-state index in [1.807, 2.05) is 18.2 Å². The topological polar surface area (TPSA) is 87.7 Å². The molecule has 0 aliphatic carbocycles. The Morgan fingerprint density at radius 1 is 1.00 bits per heavy atom. The molecule has 2 aromatic rings. The maximum atomic E-state index is 12.9. The summed E-state index contributed by atoms with van der Waals surface area (Å²) >= 11 is 0. The van der Waals surface area contributed by atoms with Gasteiger partial charge in [0.25, 0.3) is 11.8 Å². The van der Waals surface area contributed by atoms with Crippen molar-refractivity contribution in [1.29, 1.82) is 0 Å². The maximum absolute atomic E-state index is 12.9. The highest BCUT2D eigenvalue weighted by Crippen LogP contribution is 2.18. The molecule has 7 nitrogen and oxygen atoms in total. The van der Waals surface area contributed by atoms with Crippen LogP contribution < -0.4 is 15.4 Å². The van der Waals surface area contributed by atoms with Gasteiger partial charge in [-0.25, -0.2) is 4.39 Å². The second-order valence-corrected chi connectivity index (χ2v) is 6.90. The van der Waals surface area contributed by atoms with Crippen molar-refractivity contribution in [3.05, 3.63) is 66.0 Å². The van der Waals surface area contributed by atoms with Gasteiger partial charge < -0.3 is 20.3 Å². The zero-order valence-electron chi connectivity index (χ0n) is 16.5. The molecule has 0 unspecified atom stereocenters. The minimum Gasteiger partial charge on any atom is -0.484 e. The predicted octanol–water partition coefficient (Wildman–Crippen LogP) is 1.74. The van der Waals surface area contributed by atoms with Crippen LogP contribution in [0.1, 0.15) is 23.2 Å². The van der Waals surface area contributed by atoms with Gasteiger partial charge in [-0.2, -0.15) is 0 Å². The summed E-state index contributed by atoms with van der Waals surface area (Å²) in [4.78, 5) is 38.5. The van der Waals surface area contributed by atoms with Crippen molar-refractivity contribution in [1.82, 2.24) is 15.5 Å². The summed E-state index contributed by atoms with van der Waals surface area (Å²) in [7, 11) is 0. The summed E-state index contributed by atoms with van der Waals surface area (Å²) in [6.45, 7) is 0.836. The molecule has 0 bridgehead atoms. The number of rotatable bonds is 8. The number of para-hydroxylation sites is 1. The number of likely N-dealkylation sites (tertiary alicyclic amines) is 1. The number of carbonyl (C=O) groups excluding carboxylic acids is 3. The van der Waals surface area contributed by atoms with E-state index in [0.29, 0.717) is 24.3 Å². The van der Waals surface area contributed by atoms with Gasteiger partial charge in [-0.1, -0.05) is 18.2 Å². The molecule has 0 spiro atoms. The largest absolute Gasteiger partial charge is 0.484 e. The quantitative estimate of drug-likeness (QED) is 0.646. The van der Waals surface area contributed by atoms with Crippen LogP contribution in [-0.2, 0) is 9.59 Å². The lowest BCUT2D eigenvalue weighted by Crippen LogP contribution is -2.48. The van der Waals surface area contributed by atoms with Gasteiger partial charge in [-0.05, 0) is 49.2 Å². The van der Waals surface area contributed by atoms with E-state index in [4.69, 9.17) is 4.74 Å². The molecule has 2 N–H and O–H groups in total. The molecule has 2 aromatic carbocycles. The van der Waals surface area contributed by atoms with E-state index in [1.54, 1.807) is 12.1 Å². The Kier molecular flexibility index (Phi) is 7.37. The minimum atomic E-state index is -0.537. The van der Waals surface area contributed by atoms with Crippen molar-refractivity contribution in [3.8, 4) is 5.75 Å². The average Bonchev–Trinajstić information content (AvgIpc) is 3.26. The Morgan fingerprint density at radius 2 is 1.70 bits per heavy atom. The van der Waals surface area contributed by atoms with Gasteiger partial charge in [0.15, 0.2) is 6.61 Å². The summed E-state index contributed by atoms with van der Waals surface area (Å²) in [5.74, 6) is -0.649. The van der Waals surface area contributed by atoms with E-state index in [-0.39, 0.29) is 37.4 Å². The third kappa shape index (κ3) is 5.79. The number of benzene rings is 2. The van der Waals surface area contributed by atoms with Crippen molar-refractivity contribution < 1.29 is 23.5 Å². The molecular formula is C22H24FN3O4. The fourth-order valence-corrected chi connectivity index (χ4v) is 3.27. The average molecular weight is 413 g/mol. The van der Waals surface area contributed by atoms with Crippen LogP contribution in [0.2, 0.25) is 0 Å². The number of halogens is 1. The lowest BCUT2D eigenvalue weighted by Gasteiger charge is -2.24. The number of hydrogen-bond acceptors (Lipinski definition) is 4. The van der Waals surface area contributed by atoms with Crippen molar-refractivity contribution in [2.24, 2.45) is 0 Å². The normalized spacial score (nSPS) is 15.5. The van der Waals surface area contributed by atoms with Gasteiger partial charge in [0.05, 0.1) is 0 Å². The summed E-state index contributed by atoms with van der Waals surface area (Å²) in [6.07, 6.45) is 1.33. The van der Waals surface area contributed by atoms with Gasteiger partial charge in [0.2, 0.25) is 5.91 Å². The summed E-state index contributed by atoms with van der Waals surface area (Å²) in [5.41, 5.74) is 0.341. The number of nitrogens with zero attached hydrogens (tertiary/aromatic N) is 1. The zero-order valence-corrected chi connectivity index (χ0v) is 16.5. The van der Waals surface area contributed by atoms with Gasteiger partial charge >= 0.3 is 0 Å². The predicted molar refractivity (Wildman–Crippen MR) is 108 cm³/mol. The first-order valence-electron chi connectivity index (χ1n) is 9.83. The van der Waals surface area contributed by atoms with Gasteiger partial charge in [-0.3, -0.25) is 14.4 Å². The van der Waals surface area contributed by atoms with Crippen molar-refractivity contribution in [3.63, 3.8) is 0 Å².